The van der Waals surface area contributed by atoms with Crippen LogP contribution in [0.2, 0.25) is 0 Å². The van der Waals surface area contributed by atoms with Crippen LogP contribution in [0.5, 0.6) is 0 Å². The Kier molecular flexibility index (Phi) is 4.13. The Bertz CT molecular complexity index is 764. The highest BCUT2D eigenvalue weighted by molar-refractivity contribution is 7.18. The van der Waals surface area contributed by atoms with Gasteiger partial charge in [0.1, 0.15) is 22.7 Å². The number of thiophene rings is 1. The third-order valence-corrected chi connectivity index (χ3v) is 5.04. The third-order valence-electron chi connectivity index (χ3n) is 3.92. The summed E-state index contributed by atoms with van der Waals surface area (Å²) >= 11 is 1.71. The number of anilines is 1. The number of nitrogens with one attached hydrogen (secondary N) is 1. The van der Waals surface area contributed by atoms with Crippen molar-refractivity contribution in [3.8, 4) is 0 Å². The summed E-state index contributed by atoms with van der Waals surface area (Å²) in [6, 6.07) is 4.07. The quantitative estimate of drug-likeness (QED) is 0.779. The van der Waals surface area contributed by atoms with Crippen molar-refractivity contribution in [3.63, 3.8) is 0 Å². The Morgan fingerprint density at radius 2 is 2.14 bits per heavy atom. The Morgan fingerprint density at radius 3 is 2.82 bits per heavy atom. The van der Waals surface area contributed by atoms with E-state index in [1.165, 1.54) is 10.4 Å². The Balaban J connectivity index is 1.87. The van der Waals surface area contributed by atoms with Crippen LogP contribution >= 0.6 is 11.3 Å². The van der Waals surface area contributed by atoms with Gasteiger partial charge in [-0.25, -0.2) is 9.97 Å². The van der Waals surface area contributed by atoms with Crippen molar-refractivity contribution in [2.24, 2.45) is 0 Å². The summed E-state index contributed by atoms with van der Waals surface area (Å²) in [5, 5.41) is 4.59. The molecule has 0 spiro atoms. The average Bonchev–Trinajstić information content (AvgIpc) is 3.09. The second-order valence-electron chi connectivity index (χ2n) is 5.56. The summed E-state index contributed by atoms with van der Waals surface area (Å²) < 4.78 is 5.55. The molecule has 5 nitrogen and oxygen atoms in total. The van der Waals surface area contributed by atoms with E-state index >= 15 is 0 Å². The zero-order valence-electron chi connectivity index (χ0n) is 13.3. The van der Waals surface area contributed by atoms with Crippen LogP contribution in [0.4, 0.5) is 5.82 Å². The van der Waals surface area contributed by atoms with E-state index in [0.29, 0.717) is 0 Å². The lowest BCUT2D eigenvalue weighted by molar-refractivity contribution is 0.269. The van der Waals surface area contributed by atoms with Gasteiger partial charge in [0.2, 0.25) is 0 Å². The van der Waals surface area contributed by atoms with Gasteiger partial charge in [-0.1, -0.05) is 0 Å². The van der Waals surface area contributed by atoms with Gasteiger partial charge in [0, 0.05) is 11.4 Å². The van der Waals surface area contributed by atoms with Crippen molar-refractivity contribution < 1.29 is 4.42 Å². The number of furan rings is 1. The number of rotatable bonds is 5. The highest BCUT2D eigenvalue weighted by atomic mass is 32.1. The van der Waals surface area contributed by atoms with Gasteiger partial charge in [0.25, 0.3) is 0 Å². The Hall–Kier alpha value is -1.92. The molecule has 3 aromatic rings. The monoisotopic (exact) mass is 316 g/mol. The van der Waals surface area contributed by atoms with Gasteiger partial charge in [-0.15, -0.1) is 11.3 Å². The molecule has 0 bridgehead atoms. The summed E-state index contributed by atoms with van der Waals surface area (Å²) in [5.74, 6) is 1.84. The standard InChI is InChI=1S/C16H20N4OS/c1-10-11(2)22-16-14(10)15(18-9-19-16)17-8-12(20(3)4)13-6-5-7-21-13/h5-7,9,12H,8H2,1-4H3,(H,17,18,19)/t12-/m1/s1. The van der Waals surface area contributed by atoms with Crippen LogP contribution in [0, 0.1) is 13.8 Å². The maximum Gasteiger partial charge on any atom is 0.138 e. The lowest BCUT2D eigenvalue weighted by Crippen LogP contribution is -2.26. The van der Waals surface area contributed by atoms with E-state index in [2.05, 4.69) is 34.0 Å². The zero-order chi connectivity index (χ0) is 15.7. The minimum Gasteiger partial charge on any atom is -0.468 e. The molecule has 0 aliphatic rings. The number of hydrogen-bond acceptors (Lipinski definition) is 6. The van der Waals surface area contributed by atoms with Crippen LogP contribution < -0.4 is 5.32 Å². The SMILES string of the molecule is Cc1sc2ncnc(NC[C@H](c3ccco3)N(C)C)c2c1C. The van der Waals surface area contributed by atoms with E-state index in [0.717, 1.165) is 28.3 Å². The molecule has 0 aliphatic heterocycles. The molecule has 0 amide bonds. The third kappa shape index (κ3) is 2.71. The van der Waals surface area contributed by atoms with Gasteiger partial charge in [-0.3, -0.25) is 4.90 Å². The van der Waals surface area contributed by atoms with Crippen molar-refractivity contribution in [2.45, 2.75) is 19.9 Å². The lowest BCUT2D eigenvalue weighted by atomic mass is 10.2. The maximum atomic E-state index is 5.55. The summed E-state index contributed by atoms with van der Waals surface area (Å²) in [7, 11) is 4.09. The molecule has 116 valence electrons. The number of aryl methyl sites for hydroxylation is 2. The van der Waals surface area contributed by atoms with Crippen molar-refractivity contribution in [1.82, 2.24) is 14.9 Å². The topological polar surface area (TPSA) is 54.2 Å². The van der Waals surface area contributed by atoms with E-state index in [4.69, 9.17) is 4.42 Å². The zero-order valence-corrected chi connectivity index (χ0v) is 14.1. The molecule has 0 unspecified atom stereocenters. The van der Waals surface area contributed by atoms with Crippen LogP contribution in [0.1, 0.15) is 22.2 Å². The molecular formula is C16H20N4OS. The predicted octanol–water partition coefficient (Wildman–Crippen LogP) is 3.62. The van der Waals surface area contributed by atoms with Crippen molar-refractivity contribution in [1.29, 1.82) is 0 Å². The highest BCUT2D eigenvalue weighted by Crippen LogP contribution is 2.32. The maximum absolute atomic E-state index is 5.55. The van der Waals surface area contributed by atoms with E-state index in [-0.39, 0.29) is 6.04 Å². The molecule has 1 atom stereocenters. The molecule has 0 aromatic carbocycles. The van der Waals surface area contributed by atoms with Crippen LogP contribution in [-0.4, -0.2) is 35.5 Å². The minimum atomic E-state index is 0.153. The van der Waals surface area contributed by atoms with Crippen LogP contribution in [0.15, 0.2) is 29.1 Å². The number of aromatic nitrogens is 2. The molecule has 0 saturated heterocycles. The molecule has 3 rings (SSSR count). The Labute approximate surface area is 134 Å². The summed E-state index contributed by atoms with van der Waals surface area (Å²) in [5.41, 5.74) is 1.25. The molecule has 0 radical (unpaired) electrons. The average molecular weight is 316 g/mol. The normalized spacial score (nSPS) is 13.0. The first-order chi connectivity index (χ1) is 10.6. The van der Waals surface area contributed by atoms with E-state index in [1.807, 2.05) is 26.2 Å². The van der Waals surface area contributed by atoms with Crippen LogP contribution in [0.25, 0.3) is 10.2 Å². The van der Waals surface area contributed by atoms with Crippen molar-refractivity contribution >= 4 is 27.4 Å². The van der Waals surface area contributed by atoms with Crippen LogP contribution in [-0.2, 0) is 0 Å². The minimum absolute atomic E-state index is 0.153. The molecule has 3 aromatic heterocycles. The second kappa shape index (κ2) is 6.06. The first-order valence-electron chi connectivity index (χ1n) is 7.22. The molecule has 3 heterocycles. The lowest BCUT2D eigenvalue weighted by Gasteiger charge is -2.23. The molecule has 0 saturated carbocycles. The van der Waals surface area contributed by atoms with Gasteiger partial charge in [-0.05, 0) is 45.6 Å². The van der Waals surface area contributed by atoms with Gasteiger partial charge in [0.05, 0.1) is 17.7 Å². The van der Waals surface area contributed by atoms with E-state index in [1.54, 1.807) is 23.9 Å². The molecule has 1 N–H and O–H groups in total. The molecule has 0 aliphatic carbocycles. The molecular weight excluding hydrogens is 296 g/mol. The summed E-state index contributed by atoms with van der Waals surface area (Å²) in [4.78, 5) is 13.3. The summed E-state index contributed by atoms with van der Waals surface area (Å²) in [6.07, 6.45) is 3.33. The van der Waals surface area contributed by atoms with Gasteiger partial charge < -0.3 is 9.73 Å². The fourth-order valence-corrected chi connectivity index (χ4v) is 3.53. The van der Waals surface area contributed by atoms with Gasteiger partial charge in [0.15, 0.2) is 0 Å². The number of likely N-dealkylation sites (N-methyl/N-ethyl adjacent to an activating group) is 1. The van der Waals surface area contributed by atoms with E-state index < -0.39 is 0 Å². The number of nitrogens with zero attached hydrogens (tertiary/aromatic N) is 3. The smallest absolute Gasteiger partial charge is 0.138 e. The van der Waals surface area contributed by atoms with Gasteiger partial charge >= 0.3 is 0 Å². The fraction of sp³-hybridized carbons (Fsp3) is 0.375. The van der Waals surface area contributed by atoms with Crippen molar-refractivity contribution in [3.05, 3.63) is 40.9 Å². The van der Waals surface area contributed by atoms with Crippen LogP contribution in [0.3, 0.4) is 0 Å². The predicted molar refractivity (Wildman–Crippen MR) is 90.5 cm³/mol. The number of fused-ring (bicyclic) bond motifs is 1. The largest absolute Gasteiger partial charge is 0.468 e. The first-order valence-corrected chi connectivity index (χ1v) is 8.04. The molecule has 0 fully saturated rings. The van der Waals surface area contributed by atoms with E-state index in [9.17, 15) is 0 Å². The summed E-state index contributed by atoms with van der Waals surface area (Å²) in [6.45, 7) is 4.97. The molecule has 6 heteroatoms. The first kappa shape index (κ1) is 15.0. The fourth-order valence-electron chi connectivity index (χ4n) is 2.53. The number of hydrogen-bond donors (Lipinski definition) is 1. The second-order valence-corrected chi connectivity index (χ2v) is 6.76. The molecule has 22 heavy (non-hydrogen) atoms. The highest BCUT2D eigenvalue weighted by Gasteiger charge is 2.18. The Morgan fingerprint density at radius 1 is 1.32 bits per heavy atom. The van der Waals surface area contributed by atoms with Crippen molar-refractivity contribution in [2.75, 3.05) is 26.0 Å². The van der Waals surface area contributed by atoms with Gasteiger partial charge in [-0.2, -0.15) is 0 Å².